The minimum Gasteiger partial charge on any atom is -0.461 e. The number of ether oxygens (including phenoxy) is 1. The fourth-order valence-corrected chi connectivity index (χ4v) is 1.53. The predicted octanol–water partition coefficient (Wildman–Crippen LogP) is 2.39. The molecule has 94 valence electrons. The van der Waals surface area contributed by atoms with Gasteiger partial charge in [0.15, 0.2) is 17.3 Å². The lowest BCUT2D eigenvalue weighted by atomic mass is 10.2. The van der Waals surface area contributed by atoms with E-state index in [-0.39, 0.29) is 23.3 Å². The van der Waals surface area contributed by atoms with E-state index >= 15 is 0 Å². The van der Waals surface area contributed by atoms with Crippen LogP contribution in [0.5, 0.6) is 0 Å². The van der Waals surface area contributed by atoms with Crippen molar-refractivity contribution in [3.63, 3.8) is 0 Å². The molecule has 0 spiro atoms. The van der Waals surface area contributed by atoms with Crippen molar-refractivity contribution in [3.8, 4) is 0 Å². The lowest BCUT2D eigenvalue weighted by Crippen LogP contribution is -2.11. The standard InChI is InChI=1S/C12H10F2N2O2/c1-3-18-12(17)11-6(2)15-9-4-7(13)8(14)5-10(9)16-11/h4-5H,3H2,1-2H3. The van der Waals surface area contributed by atoms with E-state index in [4.69, 9.17) is 4.74 Å². The summed E-state index contributed by atoms with van der Waals surface area (Å²) in [6, 6.07) is 1.85. The minimum atomic E-state index is -1.03. The number of carbonyl (C=O) groups is 1. The maximum atomic E-state index is 13.1. The number of esters is 1. The molecule has 0 radical (unpaired) electrons. The molecule has 6 heteroatoms. The molecule has 0 saturated carbocycles. The Balaban J connectivity index is 2.61. The van der Waals surface area contributed by atoms with Crippen molar-refractivity contribution in [2.45, 2.75) is 13.8 Å². The Labute approximate surface area is 102 Å². The summed E-state index contributed by atoms with van der Waals surface area (Å²) in [6.45, 7) is 3.42. The van der Waals surface area contributed by atoms with Crippen molar-refractivity contribution in [2.24, 2.45) is 0 Å². The highest BCUT2D eigenvalue weighted by Crippen LogP contribution is 2.17. The second-order valence-corrected chi connectivity index (χ2v) is 3.63. The fraction of sp³-hybridized carbons (Fsp3) is 0.250. The average Bonchev–Trinajstić information content (AvgIpc) is 2.31. The summed E-state index contributed by atoms with van der Waals surface area (Å²) in [5.41, 5.74) is 0.629. The third kappa shape index (κ3) is 2.13. The number of fused-ring (bicyclic) bond motifs is 1. The average molecular weight is 252 g/mol. The molecule has 0 saturated heterocycles. The van der Waals surface area contributed by atoms with Gasteiger partial charge in [0, 0.05) is 12.1 Å². The normalized spacial score (nSPS) is 10.7. The fourth-order valence-electron chi connectivity index (χ4n) is 1.53. The molecule has 0 bridgehead atoms. The van der Waals surface area contributed by atoms with Crippen molar-refractivity contribution in [3.05, 3.63) is 35.2 Å². The van der Waals surface area contributed by atoms with Crippen LogP contribution in [0.2, 0.25) is 0 Å². The van der Waals surface area contributed by atoms with E-state index in [1.165, 1.54) is 0 Å². The van der Waals surface area contributed by atoms with E-state index in [1.807, 2.05) is 0 Å². The number of aryl methyl sites for hydroxylation is 1. The number of halogens is 2. The molecule has 0 aliphatic heterocycles. The van der Waals surface area contributed by atoms with Gasteiger partial charge in [0.1, 0.15) is 0 Å². The SMILES string of the molecule is CCOC(=O)c1nc2cc(F)c(F)cc2nc1C. The smallest absolute Gasteiger partial charge is 0.358 e. The number of carbonyl (C=O) groups excluding carboxylic acids is 1. The summed E-state index contributed by atoms with van der Waals surface area (Å²) in [7, 11) is 0. The van der Waals surface area contributed by atoms with Crippen molar-refractivity contribution >= 4 is 17.0 Å². The van der Waals surface area contributed by atoms with Gasteiger partial charge < -0.3 is 4.74 Å². The Kier molecular flexibility index (Phi) is 3.18. The van der Waals surface area contributed by atoms with Crippen molar-refractivity contribution in [1.29, 1.82) is 0 Å². The third-order valence-corrected chi connectivity index (χ3v) is 2.35. The molecule has 0 atom stereocenters. The number of aromatic nitrogens is 2. The first-order valence-electron chi connectivity index (χ1n) is 5.33. The molecule has 0 unspecified atom stereocenters. The van der Waals surface area contributed by atoms with E-state index in [0.29, 0.717) is 5.69 Å². The van der Waals surface area contributed by atoms with Gasteiger partial charge in [0.05, 0.1) is 23.3 Å². The zero-order valence-electron chi connectivity index (χ0n) is 9.83. The zero-order valence-corrected chi connectivity index (χ0v) is 9.83. The molecule has 1 aromatic carbocycles. The Morgan fingerprint density at radius 1 is 1.22 bits per heavy atom. The highest BCUT2D eigenvalue weighted by molar-refractivity contribution is 5.91. The van der Waals surface area contributed by atoms with Gasteiger partial charge in [-0.05, 0) is 13.8 Å². The van der Waals surface area contributed by atoms with Crippen LogP contribution >= 0.6 is 0 Å². The van der Waals surface area contributed by atoms with Crippen molar-refractivity contribution in [2.75, 3.05) is 6.61 Å². The molecule has 0 aliphatic rings. The van der Waals surface area contributed by atoms with Gasteiger partial charge in [-0.25, -0.2) is 23.5 Å². The monoisotopic (exact) mass is 252 g/mol. The molecule has 2 aromatic rings. The van der Waals surface area contributed by atoms with Crippen LogP contribution in [0.4, 0.5) is 8.78 Å². The Morgan fingerprint density at radius 3 is 2.33 bits per heavy atom. The number of rotatable bonds is 2. The quantitative estimate of drug-likeness (QED) is 0.770. The molecule has 18 heavy (non-hydrogen) atoms. The Morgan fingerprint density at radius 2 is 1.78 bits per heavy atom. The second-order valence-electron chi connectivity index (χ2n) is 3.63. The van der Waals surface area contributed by atoms with Crippen LogP contribution in [-0.4, -0.2) is 22.5 Å². The van der Waals surface area contributed by atoms with Gasteiger partial charge in [-0.2, -0.15) is 0 Å². The van der Waals surface area contributed by atoms with Crippen molar-refractivity contribution < 1.29 is 18.3 Å². The summed E-state index contributed by atoms with van der Waals surface area (Å²) in [5, 5.41) is 0. The van der Waals surface area contributed by atoms with Gasteiger partial charge in [-0.15, -0.1) is 0 Å². The molecule has 1 aromatic heterocycles. The van der Waals surface area contributed by atoms with Gasteiger partial charge in [0.2, 0.25) is 0 Å². The predicted molar refractivity (Wildman–Crippen MR) is 60.1 cm³/mol. The molecule has 0 N–H and O–H groups in total. The first kappa shape index (κ1) is 12.3. The largest absolute Gasteiger partial charge is 0.461 e. The molecule has 4 nitrogen and oxygen atoms in total. The minimum absolute atomic E-state index is 0.00959. The third-order valence-electron chi connectivity index (χ3n) is 2.35. The number of hydrogen-bond donors (Lipinski definition) is 0. The van der Waals surface area contributed by atoms with Crippen LogP contribution in [0, 0.1) is 18.6 Å². The first-order valence-corrected chi connectivity index (χ1v) is 5.33. The molecular weight excluding hydrogens is 242 g/mol. The van der Waals surface area contributed by atoms with E-state index in [9.17, 15) is 13.6 Å². The number of hydrogen-bond acceptors (Lipinski definition) is 4. The lowest BCUT2D eigenvalue weighted by Gasteiger charge is -2.06. The van der Waals surface area contributed by atoms with Crippen LogP contribution in [0.3, 0.4) is 0 Å². The van der Waals surface area contributed by atoms with Gasteiger partial charge >= 0.3 is 5.97 Å². The maximum absolute atomic E-state index is 13.1. The van der Waals surface area contributed by atoms with Crippen LogP contribution in [0.25, 0.3) is 11.0 Å². The van der Waals surface area contributed by atoms with Gasteiger partial charge in [-0.1, -0.05) is 0 Å². The molecule has 0 aliphatic carbocycles. The van der Waals surface area contributed by atoms with Crippen LogP contribution in [0.15, 0.2) is 12.1 Å². The van der Waals surface area contributed by atoms with E-state index in [1.54, 1.807) is 13.8 Å². The lowest BCUT2D eigenvalue weighted by molar-refractivity contribution is 0.0518. The number of benzene rings is 1. The van der Waals surface area contributed by atoms with E-state index < -0.39 is 17.6 Å². The topological polar surface area (TPSA) is 52.1 Å². The number of nitrogens with zero attached hydrogens (tertiary/aromatic N) is 2. The summed E-state index contributed by atoms with van der Waals surface area (Å²) < 4.78 is 30.9. The second kappa shape index (κ2) is 4.64. The van der Waals surface area contributed by atoms with Crippen LogP contribution in [-0.2, 0) is 4.74 Å². The summed E-state index contributed by atoms with van der Waals surface area (Å²) in [6.07, 6.45) is 0. The van der Waals surface area contributed by atoms with Gasteiger partial charge in [0.25, 0.3) is 0 Å². The highest BCUT2D eigenvalue weighted by atomic mass is 19.2. The summed E-state index contributed by atoms with van der Waals surface area (Å²) in [5.74, 6) is -2.66. The summed E-state index contributed by atoms with van der Waals surface area (Å²) in [4.78, 5) is 19.5. The van der Waals surface area contributed by atoms with E-state index in [2.05, 4.69) is 9.97 Å². The summed E-state index contributed by atoms with van der Waals surface area (Å²) >= 11 is 0. The maximum Gasteiger partial charge on any atom is 0.358 e. The van der Waals surface area contributed by atoms with Crippen LogP contribution in [0.1, 0.15) is 23.1 Å². The molecule has 0 amide bonds. The Hall–Kier alpha value is -2.11. The molecular formula is C12H10F2N2O2. The van der Waals surface area contributed by atoms with Gasteiger partial charge in [-0.3, -0.25) is 0 Å². The first-order chi connectivity index (χ1) is 8.52. The zero-order chi connectivity index (χ0) is 13.3. The molecule has 2 rings (SSSR count). The van der Waals surface area contributed by atoms with E-state index in [0.717, 1.165) is 12.1 Å². The molecule has 1 heterocycles. The molecule has 0 fully saturated rings. The Bertz CT molecular complexity index is 629. The van der Waals surface area contributed by atoms with Crippen molar-refractivity contribution in [1.82, 2.24) is 9.97 Å². The van der Waals surface area contributed by atoms with Crippen LogP contribution < -0.4 is 0 Å². The highest BCUT2D eigenvalue weighted by Gasteiger charge is 2.16.